The topological polar surface area (TPSA) is 62.3 Å². The van der Waals surface area contributed by atoms with Gasteiger partial charge in [-0.25, -0.2) is 4.98 Å². The van der Waals surface area contributed by atoms with Crippen molar-refractivity contribution in [2.75, 3.05) is 18.4 Å². The number of amides is 2. The lowest BCUT2D eigenvalue weighted by Gasteiger charge is -2.15. The predicted molar refractivity (Wildman–Crippen MR) is 115 cm³/mol. The van der Waals surface area contributed by atoms with E-state index in [1.54, 1.807) is 35.6 Å². The van der Waals surface area contributed by atoms with E-state index in [0.29, 0.717) is 11.3 Å². The Morgan fingerprint density at radius 3 is 2.45 bits per heavy atom. The minimum absolute atomic E-state index is 0.0637. The SMILES string of the molecule is O=C(Cc1csc(Cc2ccccc2)n1)Nc1ccc(C(=O)N2CCCC2)cc1. The molecule has 5 nitrogen and oxygen atoms in total. The molecule has 148 valence electrons. The number of carbonyl (C=O) groups is 2. The summed E-state index contributed by atoms with van der Waals surface area (Å²) in [6, 6.07) is 17.3. The molecule has 0 aliphatic carbocycles. The Kier molecular flexibility index (Phi) is 6.00. The van der Waals surface area contributed by atoms with Crippen LogP contribution in [-0.4, -0.2) is 34.8 Å². The largest absolute Gasteiger partial charge is 0.339 e. The maximum Gasteiger partial charge on any atom is 0.253 e. The van der Waals surface area contributed by atoms with Crippen molar-refractivity contribution in [2.45, 2.75) is 25.7 Å². The number of carbonyl (C=O) groups excluding carboxylic acids is 2. The van der Waals surface area contributed by atoms with Crippen LogP contribution in [0.15, 0.2) is 60.0 Å². The molecule has 1 aliphatic rings. The van der Waals surface area contributed by atoms with E-state index in [-0.39, 0.29) is 18.2 Å². The molecule has 4 rings (SSSR count). The summed E-state index contributed by atoms with van der Waals surface area (Å²) in [6.07, 6.45) is 3.16. The summed E-state index contributed by atoms with van der Waals surface area (Å²) in [4.78, 5) is 31.2. The molecule has 1 aliphatic heterocycles. The van der Waals surface area contributed by atoms with Crippen LogP contribution in [-0.2, 0) is 17.6 Å². The maximum atomic E-state index is 12.4. The molecule has 0 atom stereocenters. The summed E-state index contributed by atoms with van der Waals surface area (Å²) in [7, 11) is 0. The van der Waals surface area contributed by atoms with Gasteiger partial charge in [0.15, 0.2) is 0 Å². The molecular formula is C23H23N3O2S. The van der Waals surface area contributed by atoms with Crippen molar-refractivity contribution < 1.29 is 9.59 Å². The number of thiazole rings is 1. The van der Waals surface area contributed by atoms with Crippen molar-refractivity contribution in [3.05, 3.63) is 81.8 Å². The Hall–Kier alpha value is -2.99. The van der Waals surface area contributed by atoms with Crippen molar-refractivity contribution in [2.24, 2.45) is 0 Å². The van der Waals surface area contributed by atoms with Gasteiger partial charge in [-0.3, -0.25) is 9.59 Å². The van der Waals surface area contributed by atoms with Crippen LogP contribution < -0.4 is 5.32 Å². The third kappa shape index (κ3) is 5.09. The summed E-state index contributed by atoms with van der Waals surface area (Å²) in [5.74, 6) is -0.0472. The second kappa shape index (κ2) is 9.01. The van der Waals surface area contributed by atoms with Crippen LogP contribution in [0.2, 0.25) is 0 Å². The van der Waals surface area contributed by atoms with E-state index in [2.05, 4.69) is 22.4 Å². The summed E-state index contributed by atoms with van der Waals surface area (Å²) < 4.78 is 0. The van der Waals surface area contributed by atoms with Gasteiger partial charge in [0.05, 0.1) is 17.1 Å². The first-order chi connectivity index (χ1) is 14.2. The van der Waals surface area contributed by atoms with Gasteiger partial charge in [0.1, 0.15) is 0 Å². The first-order valence-electron chi connectivity index (χ1n) is 9.84. The van der Waals surface area contributed by atoms with Gasteiger partial charge >= 0.3 is 0 Å². The van der Waals surface area contributed by atoms with Crippen LogP contribution in [0.4, 0.5) is 5.69 Å². The molecule has 1 N–H and O–H groups in total. The monoisotopic (exact) mass is 405 g/mol. The zero-order valence-corrected chi connectivity index (χ0v) is 17.0. The number of nitrogens with one attached hydrogen (secondary N) is 1. The number of hydrogen-bond acceptors (Lipinski definition) is 4. The zero-order valence-electron chi connectivity index (χ0n) is 16.1. The number of likely N-dealkylation sites (tertiary alicyclic amines) is 1. The maximum absolute atomic E-state index is 12.4. The quantitative estimate of drug-likeness (QED) is 0.670. The number of benzene rings is 2. The summed E-state index contributed by atoms with van der Waals surface area (Å²) in [6.45, 7) is 1.66. The van der Waals surface area contributed by atoms with Gasteiger partial charge < -0.3 is 10.2 Å². The smallest absolute Gasteiger partial charge is 0.253 e. The van der Waals surface area contributed by atoms with E-state index in [1.807, 2.05) is 28.5 Å². The average molecular weight is 406 g/mol. The average Bonchev–Trinajstić information content (AvgIpc) is 3.41. The number of anilines is 1. The minimum atomic E-state index is -0.111. The Morgan fingerprint density at radius 1 is 1.00 bits per heavy atom. The van der Waals surface area contributed by atoms with Crippen LogP contribution in [0.25, 0.3) is 0 Å². The molecule has 2 aromatic carbocycles. The van der Waals surface area contributed by atoms with E-state index < -0.39 is 0 Å². The molecule has 1 aromatic heterocycles. The van der Waals surface area contributed by atoms with Crippen molar-refractivity contribution in [3.63, 3.8) is 0 Å². The van der Waals surface area contributed by atoms with Crippen molar-refractivity contribution >= 4 is 28.8 Å². The summed E-state index contributed by atoms with van der Waals surface area (Å²) >= 11 is 1.58. The lowest BCUT2D eigenvalue weighted by molar-refractivity contribution is -0.115. The van der Waals surface area contributed by atoms with Gasteiger partial charge in [-0.2, -0.15) is 0 Å². The lowest BCUT2D eigenvalue weighted by Crippen LogP contribution is -2.27. The second-order valence-corrected chi connectivity index (χ2v) is 8.14. The van der Waals surface area contributed by atoms with Gasteiger partial charge in [0.2, 0.25) is 5.91 Å². The van der Waals surface area contributed by atoms with Gasteiger partial charge in [0, 0.05) is 36.1 Å². The van der Waals surface area contributed by atoms with E-state index in [1.165, 1.54) is 5.56 Å². The standard InChI is InChI=1S/C23H23N3O2S/c27-21(15-20-16-29-22(25-20)14-17-6-2-1-3-7-17)24-19-10-8-18(9-11-19)23(28)26-12-4-5-13-26/h1-3,6-11,16H,4-5,12-15H2,(H,24,27). The lowest BCUT2D eigenvalue weighted by atomic mass is 10.1. The Bertz CT molecular complexity index is 977. The van der Waals surface area contributed by atoms with Gasteiger partial charge in [-0.15, -0.1) is 11.3 Å². The van der Waals surface area contributed by atoms with Crippen molar-refractivity contribution in [1.82, 2.24) is 9.88 Å². The second-order valence-electron chi connectivity index (χ2n) is 7.20. The van der Waals surface area contributed by atoms with Gasteiger partial charge in [-0.1, -0.05) is 30.3 Å². The Morgan fingerprint density at radius 2 is 1.72 bits per heavy atom. The Labute approximate surface area is 174 Å². The summed E-state index contributed by atoms with van der Waals surface area (Å²) in [5, 5.41) is 5.83. The highest BCUT2D eigenvalue weighted by Gasteiger charge is 2.19. The first-order valence-corrected chi connectivity index (χ1v) is 10.7. The molecule has 0 radical (unpaired) electrons. The third-order valence-electron chi connectivity index (χ3n) is 4.95. The minimum Gasteiger partial charge on any atom is -0.339 e. The predicted octanol–water partition coefficient (Wildman–Crippen LogP) is 4.15. The molecule has 6 heteroatoms. The molecule has 0 bridgehead atoms. The Balaban J connectivity index is 1.31. The van der Waals surface area contributed by atoms with Crippen LogP contribution >= 0.6 is 11.3 Å². The normalized spacial score (nSPS) is 13.4. The van der Waals surface area contributed by atoms with Crippen LogP contribution in [0.1, 0.15) is 39.5 Å². The van der Waals surface area contributed by atoms with Crippen LogP contribution in [0.3, 0.4) is 0 Å². The van der Waals surface area contributed by atoms with E-state index >= 15 is 0 Å². The van der Waals surface area contributed by atoms with Crippen molar-refractivity contribution in [3.8, 4) is 0 Å². The molecule has 3 aromatic rings. The molecule has 0 saturated carbocycles. The molecule has 2 heterocycles. The van der Waals surface area contributed by atoms with E-state index in [9.17, 15) is 9.59 Å². The number of rotatable bonds is 6. The first kappa shape index (κ1) is 19.3. The summed E-state index contributed by atoms with van der Waals surface area (Å²) in [5.41, 5.74) is 3.34. The fourth-order valence-corrected chi connectivity index (χ4v) is 4.28. The fraction of sp³-hybridized carbons (Fsp3) is 0.261. The van der Waals surface area contributed by atoms with Gasteiger partial charge in [-0.05, 0) is 42.7 Å². The van der Waals surface area contributed by atoms with E-state index in [4.69, 9.17) is 0 Å². The highest BCUT2D eigenvalue weighted by molar-refractivity contribution is 7.09. The number of hydrogen-bond donors (Lipinski definition) is 1. The molecular weight excluding hydrogens is 382 g/mol. The molecule has 0 spiro atoms. The molecule has 2 amide bonds. The van der Waals surface area contributed by atoms with Gasteiger partial charge in [0.25, 0.3) is 5.91 Å². The molecule has 29 heavy (non-hydrogen) atoms. The number of nitrogens with zero attached hydrogens (tertiary/aromatic N) is 2. The van der Waals surface area contributed by atoms with Crippen LogP contribution in [0.5, 0.6) is 0 Å². The van der Waals surface area contributed by atoms with Crippen molar-refractivity contribution in [1.29, 1.82) is 0 Å². The molecule has 1 fully saturated rings. The third-order valence-corrected chi connectivity index (χ3v) is 5.85. The molecule has 0 unspecified atom stereocenters. The van der Waals surface area contributed by atoms with E-state index in [0.717, 1.165) is 43.1 Å². The van der Waals surface area contributed by atoms with Crippen LogP contribution in [0, 0.1) is 0 Å². The highest BCUT2D eigenvalue weighted by atomic mass is 32.1. The fourth-order valence-electron chi connectivity index (χ4n) is 3.45. The molecule has 1 saturated heterocycles. The zero-order chi connectivity index (χ0) is 20.1. The number of aromatic nitrogens is 1. The highest BCUT2D eigenvalue weighted by Crippen LogP contribution is 2.17.